The third-order valence-corrected chi connectivity index (χ3v) is 3.34. The minimum atomic E-state index is -0.0351. The van der Waals surface area contributed by atoms with Crippen molar-refractivity contribution in [2.45, 2.75) is 39.5 Å². The van der Waals surface area contributed by atoms with Crippen molar-refractivity contribution >= 4 is 11.6 Å². The summed E-state index contributed by atoms with van der Waals surface area (Å²) in [4.78, 5) is 11.8. The predicted molar refractivity (Wildman–Crippen MR) is 96.4 cm³/mol. The molecular formula is C19H31NO4. The van der Waals surface area contributed by atoms with E-state index in [0.29, 0.717) is 39.5 Å². The Balaban J connectivity index is 2.00. The Labute approximate surface area is 145 Å². The molecule has 0 saturated carbocycles. The Morgan fingerprint density at radius 1 is 0.833 bits per heavy atom. The molecular weight excluding hydrogens is 306 g/mol. The Morgan fingerprint density at radius 2 is 1.42 bits per heavy atom. The first kappa shape index (κ1) is 20.6. The van der Waals surface area contributed by atoms with Gasteiger partial charge in [0.15, 0.2) is 0 Å². The van der Waals surface area contributed by atoms with Crippen LogP contribution in [0.2, 0.25) is 0 Å². The number of hydrogen-bond donors (Lipinski definition) is 1. The van der Waals surface area contributed by atoms with E-state index in [1.54, 1.807) is 0 Å². The molecule has 0 spiro atoms. The summed E-state index contributed by atoms with van der Waals surface area (Å²) in [7, 11) is 0. The molecule has 1 aromatic rings. The lowest BCUT2D eigenvalue weighted by atomic mass is 10.1. The summed E-state index contributed by atoms with van der Waals surface area (Å²) in [5.41, 5.74) is 2.12. The molecule has 0 unspecified atom stereocenters. The van der Waals surface area contributed by atoms with Crippen molar-refractivity contribution in [3.8, 4) is 0 Å². The summed E-state index contributed by atoms with van der Waals surface area (Å²) in [6.45, 7) is 7.62. The van der Waals surface area contributed by atoms with Crippen LogP contribution in [0.25, 0.3) is 0 Å². The molecule has 0 radical (unpaired) electrons. The van der Waals surface area contributed by atoms with E-state index in [4.69, 9.17) is 14.2 Å². The van der Waals surface area contributed by atoms with E-state index in [-0.39, 0.29) is 5.91 Å². The summed E-state index contributed by atoms with van der Waals surface area (Å²) in [5.74, 6) is -0.0351. The first-order valence-electron chi connectivity index (χ1n) is 8.88. The lowest BCUT2D eigenvalue weighted by Gasteiger charge is -2.08. The zero-order valence-electron chi connectivity index (χ0n) is 15.0. The molecule has 5 heteroatoms. The van der Waals surface area contributed by atoms with Crippen LogP contribution in [0.1, 0.15) is 38.7 Å². The standard InChI is InChI=1S/C19H31NO4/c1-3-5-17-6-8-18(9-7-17)20-19(21)10-12-23-14-16-24-15-13-22-11-4-2/h6-9H,3-5,10-16H2,1-2H3,(H,20,21). The number of rotatable bonds is 14. The van der Waals surface area contributed by atoms with Crippen molar-refractivity contribution in [2.24, 2.45) is 0 Å². The quantitative estimate of drug-likeness (QED) is 0.529. The smallest absolute Gasteiger partial charge is 0.226 e. The van der Waals surface area contributed by atoms with Gasteiger partial charge in [0.2, 0.25) is 5.91 Å². The van der Waals surface area contributed by atoms with Gasteiger partial charge in [0.05, 0.1) is 39.5 Å². The highest BCUT2D eigenvalue weighted by molar-refractivity contribution is 5.90. The number of carbonyl (C=O) groups excluding carboxylic acids is 1. The molecule has 0 aliphatic carbocycles. The van der Waals surface area contributed by atoms with Crippen molar-refractivity contribution in [2.75, 3.05) is 45.0 Å². The van der Waals surface area contributed by atoms with Crippen LogP contribution in [0.4, 0.5) is 5.69 Å². The third kappa shape index (κ3) is 10.4. The summed E-state index contributed by atoms with van der Waals surface area (Å²) >= 11 is 0. The number of amides is 1. The average Bonchev–Trinajstić information content (AvgIpc) is 2.58. The van der Waals surface area contributed by atoms with Gasteiger partial charge in [0.1, 0.15) is 0 Å². The van der Waals surface area contributed by atoms with Gasteiger partial charge in [-0.05, 0) is 30.5 Å². The van der Waals surface area contributed by atoms with Crippen molar-refractivity contribution < 1.29 is 19.0 Å². The zero-order chi connectivity index (χ0) is 17.5. The van der Waals surface area contributed by atoms with Crippen LogP contribution in [0.3, 0.4) is 0 Å². The van der Waals surface area contributed by atoms with Gasteiger partial charge in [0.25, 0.3) is 0 Å². The molecule has 0 bridgehead atoms. The fourth-order valence-corrected chi connectivity index (χ4v) is 2.12. The number of hydrogen-bond acceptors (Lipinski definition) is 4. The van der Waals surface area contributed by atoms with Gasteiger partial charge >= 0.3 is 0 Å². The fraction of sp³-hybridized carbons (Fsp3) is 0.632. The van der Waals surface area contributed by atoms with Gasteiger partial charge in [-0.25, -0.2) is 0 Å². The van der Waals surface area contributed by atoms with Crippen molar-refractivity contribution in [3.05, 3.63) is 29.8 Å². The van der Waals surface area contributed by atoms with E-state index >= 15 is 0 Å². The second kappa shape index (κ2) is 14.0. The van der Waals surface area contributed by atoms with Crippen LogP contribution < -0.4 is 5.32 Å². The number of anilines is 1. The Hall–Kier alpha value is -1.43. The predicted octanol–water partition coefficient (Wildman–Crippen LogP) is 3.43. The summed E-state index contributed by atoms with van der Waals surface area (Å²) in [6, 6.07) is 7.99. The molecule has 1 rings (SSSR count). The van der Waals surface area contributed by atoms with E-state index in [1.165, 1.54) is 5.56 Å². The summed E-state index contributed by atoms with van der Waals surface area (Å²) < 4.78 is 16.1. The first-order valence-corrected chi connectivity index (χ1v) is 8.88. The molecule has 1 amide bonds. The molecule has 0 saturated heterocycles. The van der Waals surface area contributed by atoms with E-state index in [9.17, 15) is 4.79 Å². The molecule has 0 fully saturated rings. The maximum absolute atomic E-state index is 11.8. The Bertz CT molecular complexity index is 433. The number of carbonyl (C=O) groups is 1. The van der Waals surface area contributed by atoms with Crippen LogP contribution >= 0.6 is 0 Å². The lowest BCUT2D eigenvalue weighted by Crippen LogP contribution is -2.15. The molecule has 136 valence electrons. The van der Waals surface area contributed by atoms with Crippen LogP contribution in [-0.2, 0) is 25.4 Å². The third-order valence-electron chi connectivity index (χ3n) is 3.34. The highest BCUT2D eigenvalue weighted by Crippen LogP contribution is 2.11. The highest BCUT2D eigenvalue weighted by Gasteiger charge is 2.02. The molecule has 0 aliphatic heterocycles. The lowest BCUT2D eigenvalue weighted by molar-refractivity contribution is -0.117. The van der Waals surface area contributed by atoms with Gasteiger partial charge in [-0.2, -0.15) is 0 Å². The number of ether oxygens (including phenoxy) is 3. The SMILES string of the molecule is CCCOCCOCCOCCC(=O)Nc1ccc(CCC)cc1. The van der Waals surface area contributed by atoms with Crippen LogP contribution in [0, 0.1) is 0 Å². The zero-order valence-corrected chi connectivity index (χ0v) is 15.0. The van der Waals surface area contributed by atoms with Crippen LogP contribution in [0.5, 0.6) is 0 Å². The number of aryl methyl sites for hydroxylation is 1. The van der Waals surface area contributed by atoms with Gasteiger partial charge in [-0.3, -0.25) is 4.79 Å². The Morgan fingerprint density at radius 3 is 2.00 bits per heavy atom. The maximum Gasteiger partial charge on any atom is 0.226 e. The molecule has 0 aliphatic rings. The second-order valence-electron chi connectivity index (χ2n) is 5.58. The van der Waals surface area contributed by atoms with Crippen molar-refractivity contribution in [1.82, 2.24) is 0 Å². The molecule has 1 aromatic carbocycles. The van der Waals surface area contributed by atoms with Gasteiger partial charge in [-0.1, -0.05) is 32.4 Å². The molecule has 1 N–H and O–H groups in total. The number of nitrogens with one attached hydrogen (secondary N) is 1. The molecule has 24 heavy (non-hydrogen) atoms. The minimum absolute atomic E-state index is 0.0351. The molecule has 0 heterocycles. The largest absolute Gasteiger partial charge is 0.379 e. The van der Waals surface area contributed by atoms with E-state index in [1.807, 2.05) is 12.1 Å². The van der Waals surface area contributed by atoms with Crippen LogP contribution in [0.15, 0.2) is 24.3 Å². The monoisotopic (exact) mass is 337 g/mol. The summed E-state index contributed by atoms with van der Waals surface area (Å²) in [5, 5.41) is 2.88. The Kier molecular flexibility index (Phi) is 12.0. The van der Waals surface area contributed by atoms with E-state index < -0.39 is 0 Å². The molecule has 0 aromatic heterocycles. The fourth-order valence-electron chi connectivity index (χ4n) is 2.12. The number of benzene rings is 1. The highest BCUT2D eigenvalue weighted by atomic mass is 16.5. The normalized spacial score (nSPS) is 10.8. The van der Waals surface area contributed by atoms with Crippen molar-refractivity contribution in [1.29, 1.82) is 0 Å². The maximum atomic E-state index is 11.8. The minimum Gasteiger partial charge on any atom is -0.379 e. The molecule has 0 atom stereocenters. The van der Waals surface area contributed by atoms with E-state index in [2.05, 4.69) is 31.3 Å². The average molecular weight is 337 g/mol. The second-order valence-corrected chi connectivity index (χ2v) is 5.58. The first-order chi connectivity index (χ1) is 11.8. The van der Waals surface area contributed by atoms with Gasteiger partial charge in [-0.15, -0.1) is 0 Å². The van der Waals surface area contributed by atoms with Crippen LogP contribution in [-0.4, -0.2) is 45.5 Å². The van der Waals surface area contributed by atoms with Crippen molar-refractivity contribution in [3.63, 3.8) is 0 Å². The van der Waals surface area contributed by atoms with E-state index in [0.717, 1.165) is 31.6 Å². The topological polar surface area (TPSA) is 56.8 Å². The van der Waals surface area contributed by atoms with Gasteiger partial charge in [0, 0.05) is 12.3 Å². The summed E-state index contributed by atoms with van der Waals surface area (Å²) in [6.07, 6.45) is 3.55. The molecule has 5 nitrogen and oxygen atoms in total. The van der Waals surface area contributed by atoms with Gasteiger partial charge < -0.3 is 19.5 Å².